The molecule has 0 radical (unpaired) electrons. The molecule has 2 rings (SSSR count). The summed E-state index contributed by atoms with van der Waals surface area (Å²) in [6, 6.07) is 9.49. The molecular formula is C16H26N2. The third-order valence-electron chi connectivity index (χ3n) is 3.88. The van der Waals surface area contributed by atoms with Crippen LogP contribution >= 0.6 is 0 Å². The summed E-state index contributed by atoms with van der Waals surface area (Å²) in [6.45, 7) is 8.86. The Bertz CT molecular complexity index is 369. The zero-order valence-electron chi connectivity index (χ0n) is 12.1. The normalized spacial score (nSPS) is 22.3. The smallest absolute Gasteiger partial charge is 0.0363 e. The molecule has 0 amide bonds. The molecule has 2 unspecified atom stereocenters. The van der Waals surface area contributed by atoms with Crippen LogP contribution in [0.25, 0.3) is 0 Å². The second-order valence-electron chi connectivity index (χ2n) is 6.06. The molecule has 0 spiro atoms. The lowest BCUT2D eigenvalue weighted by Gasteiger charge is -2.19. The van der Waals surface area contributed by atoms with Crippen molar-refractivity contribution in [2.75, 3.05) is 18.5 Å². The van der Waals surface area contributed by atoms with Crippen LogP contribution < -0.4 is 10.2 Å². The summed E-state index contributed by atoms with van der Waals surface area (Å²) in [5, 5.41) is 3.44. The maximum atomic E-state index is 3.44. The first kappa shape index (κ1) is 13.4. The third-order valence-corrected chi connectivity index (χ3v) is 3.88. The highest BCUT2D eigenvalue weighted by atomic mass is 15.1. The van der Waals surface area contributed by atoms with Crippen molar-refractivity contribution < 1.29 is 0 Å². The Kier molecular flexibility index (Phi) is 4.28. The number of hydrogen-bond donors (Lipinski definition) is 1. The number of anilines is 1. The standard InChI is InChI=1S/C16H26N2/c1-12(2)17-10-14-5-7-16(8-6-14)18(4)11-15-9-13(15)3/h5-8,12-13,15,17H,9-11H2,1-4H3. The third kappa shape index (κ3) is 3.74. The van der Waals surface area contributed by atoms with Gasteiger partial charge in [-0.25, -0.2) is 0 Å². The predicted molar refractivity (Wildman–Crippen MR) is 79.0 cm³/mol. The van der Waals surface area contributed by atoms with E-state index in [2.05, 4.69) is 62.3 Å². The molecule has 1 fully saturated rings. The highest BCUT2D eigenvalue weighted by molar-refractivity contribution is 5.47. The molecule has 1 aromatic rings. The SMILES string of the molecule is CC(C)NCc1ccc(N(C)CC2CC2C)cc1. The van der Waals surface area contributed by atoms with Crippen molar-refractivity contribution in [1.82, 2.24) is 5.32 Å². The van der Waals surface area contributed by atoms with Crippen molar-refractivity contribution >= 4 is 5.69 Å². The minimum absolute atomic E-state index is 0.545. The van der Waals surface area contributed by atoms with Crippen molar-refractivity contribution in [3.8, 4) is 0 Å². The van der Waals surface area contributed by atoms with E-state index in [4.69, 9.17) is 0 Å². The molecule has 18 heavy (non-hydrogen) atoms. The Labute approximate surface area is 111 Å². The summed E-state index contributed by atoms with van der Waals surface area (Å²) in [6.07, 6.45) is 1.40. The van der Waals surface area contributed by atoms with Crippen LogP contribution in [0.5, 0.6) is 0 Å². The average molecular weight is 246 g/mol. The van der Waals surface area contributed by atoms with Crippen LogP contribution in [0.15, 0.2) is 24.3 Å². The number of nitrogens with zero attached hydrogens (tertiary/aromatic N) is 1. The van der Waals surface area contributed by atoms with Gasteiger partial charge in [0.15, 0.2) is 0 Å². The van der Waals surface area contributed by atoms with Crippen molar-refractivity contribution in [1.29, 1.82) is 0 Å². The summed E-state index contributed by atoms with van der Waals surface area (Å²) in [4.78, 5) is 2.38. The van der Waals surface area contributed by atoms with Crippen LogP contribution in [0.2, 0.25) is 0 Å². The van der Waals surface area contributed by atoms with Crippen LogP contribution in [0.4, 0.5) is 5.69 Å². The van der Waals surface area contributed by atoms with Gasteiger partial charge in [-0.1, -0.05) is 32.9 Å². The Morgan fingerprint density at radius 2 is 1.89 bits per heavy atom. The first-order chi connectivity index (χ1) is 8.56. The van der Waals surface area contributed by atoms with Gasteiger partial charge in [-0.15, -0.1) is 0 Å². The lowest BCUT2D eigenvalue weighted by molar-refractivity contribution is 0.589. The van der Waals surface area contributed by atoms with E-state index in [1.165, 1.54) is 24.2 Å². The largest absolute Gasteiger partial charge is 0.374 e. The predicted octanol–water partition coefficient (Wildman–Crippen LogP) is 3.28. The average Bonchev–Trinajstić information content (AvgIpc) is 3.03. The van der Waals surface area contributed by atoms with Gasteiger partial charge < -0.3 is 10.2 Å². The Morgan fingerprint density at radius 1 is 1.28 bits per heavy atom. The van der Waals surface area contributed by atoms with Gasteiger partial charge in [0.25, 0.3) is 0 Å². The molecule has 1 aliphatic rings. The van der Waals surface area contributed by atoms with E-state index in [-0.39, 0.29) is 0 Å². The molecule has 1 saturated carbocycles. The molecule has 1 aliphatic carbocycles. The molecule has 0 saturated heterocycles. The Balaban J connectivity index is 1.86. The molecule has 1 aromatic carbocycles. The van der Waals surface area contributed by atoms with Crippen LogP contribution in [0.1, 0.15) is 32.8 Å². The van der Waals surface area contributed by atoms with Gasteiger partial charge in [-0.3, -0.25) is 0 Å². The van der Waals surface area contributed by atoms with Crippen LogP contribution in [0.3, 0.4) is 0 Å². The zero-order chi connectivity index (χ0) is 13.1. The highest BCUT2D eigenvalue weighted by Gasteiger charge is 2.33. The quantitative estimate of drug-likeness (QED) is 0.828. The monoisotopic (exact) mass is 246 g/mol. The summed E-state index contributed by atoms with van der Waals surface area (Å²) >= 11 is 0. The minimum atomic E-state index is 0.545. The second-order valence-corrected chi connectivity index (χ2v) is 6.06. The van der Waals surface area contributed by atoms with E-state index in [0.29, 0.717) is 6.04 Å². The molecule has 0 bridgehead atoms. The van der Waals surface area contributed by atoms with Crippen molar-refractivity contribution in [3.63, 3.8) is 0 Å². The van der Waals surface area contributed by atoms with Gasteiger partial charge in [-0.2, -0.15) is 0 Å². The van der Waals surface area contributed by atoms with Crippen molar-refractivity contribution in [2.24, 2.45) is 11.8 Å². The van der Waals surface area contributed by atoms with Gasteiger partial charge in [0.2, 0.25) is 0 Å². The highest BCUT2D eigenvalue weighted by Crippen LogP contribution is 2.38. The first-order valence-electron chi connectivity index (χ1n) is 7.09. The molecule has 100 valence electrons. The van der Waals surface area contributed by atoms with E-state index in [9.17, 15) is 0 Å². The molecule has 2 atom stereocenters. The fraction of sp³-hybridized carbons (Fsp3) is 0.625. The fourth-order valence-corrected chi connectivity index (χ4v) is 2.30. The van der Waals surface area contributed by atoms with E-state index >= 15 is 0 Å². The Morgan fingerprint density at radius 3 is 2.39 bits per heavy atom. The molecule has 2 nitrogen and oxygen atoms in total. The molecule has 1 N–H and O–H groups in total. The first-order valence-corrected chi connectivity index (χ1v) is 7.09. The zero-order valence-corrected chi connectivity index (χ0v) is 12.1. The van der Waals surface area contributed by atoms with Gasteiger partial charge in [-0.05, 0) is 36.0 Å². The number of benzene rings is 1. The van der Waals surface area contributed by atoms with Crippen LogP contribution in [-0.4, -0.2) is 19.6 Å². The molecular weight excluding hydrogens is 220 g/mol. The topological polar surface area (TPSA) is 15.3 Å². The maximum Gasteiger partial charge on any atom is 0.0363 e. The van der Waals surface area contributed by atoms with Crippen molar-refractivity contribution in [3.05, 3.63) is 29.8 Å². The fourth-order valence-electron chi connectivity index (χ4n) is 2.30. The summed E-state index contributed by atoms with van der Waals surface area (Å²) < 4.78 is 0. The second kappa shape index (κ2) is 5.75. The van der Waals surface area contributed by atoms with E-state index in [1.54, 1.807) is 0 Å². The van der Waals surface area contributed by atoms with Crippen LogP contribution in [-0.2, 0) is 6.54 Å². The summed E-state index contributed by atoms with van der Waals surface area (Å²) in [5.41, 5.74) is 2.70. The summed E-state index contributed by atoms with van der Waals surface area (Å²) in [7, 11) is 2.20. The van der Waals surface area contributed by atoms with Gasteiger partial charge >= 0.3 is 0 Å². The molecule has 2 heteroatoms. The molecule has 0 aliphatic heterocycles. The number of nitrogens with one attached hydrogen (secondary N) is 1. The van der Waals surface area contributed by atoms with E-state index < -0.39 is 0 Å². The Hall–Kier alpha value is -1.02. The van der Waals surface area contributed by atoms with Crippen molar-refractivity contribution in [2.45, 2.75) is 39.8 Å². The lowest BCUT2D eigenvalue weighted by atomic mass is 10.2. The maximum absolute atomic E-state index is 3.44. The molecule has 0 aromatic heterocycles. The number of rotatable bonds is 6. The summed E-state index contributed by atoms with van der Waals surface area (Å²) in [5.74, 6) is 1.85. The van der Waals surface area contributed by atoms with E-state index in [0.717, 1.165) is 18.4 Å². The minimum Gasteiger partial charge on any atom is -0.374 e. The van der Waals surface area contributed by atoms with Gasteiger partial charge in [0, 0.05) is 31.9 Å². The lowest BCUT2D eigenvalue weighted by Crippen LogP contribution is -2.22. The van der Waals surface area contributed by atoms with Gasteiger partial charge in [0.05, 0.1) is 0 Å². The van der Waals surface area contributed by atoms with Gasteiger partial charge in [0.1, 0.15) is 0 Å². The van der Waals surface area contributed by atoms with Crippen LogP contribution in [0, 0.1) is 11.8 Å². The number of hydrogen-bond acceptors (Lipinski definition) is 2. The molecule has 0 heterocycles. The van der Waals surface area contributed by atoms with E-state index in [1.807, 2.05) is 0 Å².